The zero-order valence-electron chi connectivity index (χ0n) is 12.6. The fourth-order valence-corrected chi connectivity index (χ4v) is 2.27. The lowest BCUT2D eigenvalue weighted by atomic mass is 9.87. The van der Waals surface area contributed by atoms with E-state index >= 15 is 0 Å². The van der Waals surface area contributed by atoms with Crippen LogP contribution in [0.5, 0.6) is 0 Å². The molecule has 1 aromatic heterocycles. The zero-order valence-corrected chi connectivity index (χ0v) is 13.4. The van der Waals surface area contributed by atoms with Crippen molar-refractivity contribution in [3.63, 3.8) is 0 Å². The van der Waals surface area contributed by atoms with Crippen molar-refractivity contribution in [1.82, 2.24) is 14.9 Å². The Labute approximate surface area is 124 Å². The fraction of sp³-hybridized carbons (Fsp3) is 0.400. The summed E-state index contributed by atoms with van der Waals surface area (Å²) in [5.74, 6) is 0.789. The standard InChI is InChI=1S/C15H20N4S/c1-11-17-18-14(20-5)19(11)16-10-12-6-8-13(9-7-12)15(2,3)4/h6-10H,1-5H3/b16-10-. The van der Waals surface area contributed by atoms with Crippen LogP contribution in [0.4, 0.5) is 0 Å². The van der Waals surface area contributed by atoms with Crippen molar-refractivity contribution in [1.29, 1.82) is 0 Å². The second-order valence-electron chi connectivity index (χ2n) is 5.66. The van der Waals surface area contributed by atoms with E-state index in [1.165, 1.54) is 17.3 Å². The molecule has 0 atom stereocenters. The van der Waals surface area contributed by atoms with Crippen LogP contribution in [0.2, 0.25) is 0 Å². The fourth-order valence-electron chi connectivity index (χ4n) is 1.79. The summed E-state index contributed by atoms with van der Waals surface area (Å²) < 4.78 is 1.75. The topological polar surface area (TPSA) is 43.1 Å². The summed E-state index contributed by atoms with van der Waals surface area (Å²) in [7, 11) is 0. The van der Waals surface area contributed by atoms with Crippen LogP contribution < -0.4 is 0 Å². The summed E-state index contributed by atoms with van der Waals surface area (Å²) in [6.07, 6.45) is 3.80. The summed E-state index contributed by atoms with van der Waals surface area (Å²) >= 11 is 1.53. The van der Waals surface area contributed by atoms with Gasteiger partial charge in [0.05, 0.1) is 6.21 Å². The molecule has 0 fully saturated rings. The Morgan fingerprint density at radius 1 is 1.15 bits per heavy atom. The molecular formula is C15H20N4S. The van der Waals surface area contributed by atoms with E-state index in [0.29, 0.717) is 0 Å². The Morgan fingerprint density at radius 3 is 2.35 bits per heavy atom. The van der Waals surface area contributed by atoms with Crippen LogP contribution in [-0.4, -0.2) is 27.3 Å². The smallest absolute Gasteiger partial charge is 0.192 e. The van der Waals surface area contributed by atoms with Crippen molar-refractivity contribution < 1.29 is 0 Å². The van der Waals surface area contributed by atoms with E-state index < -0.39 is 0 Å². The molecule has 0 N–H and O–H groups in total. The lowest BCUT2D eigenvalue weighted by Gasteiger charge is -2.18. The van der Waals surface area contributed by atoms with Gasteiger partial charge in [0.2, 0.25) is 5.16 Å². The molecule has 5 heteroatoms. The number of benzene rings is 1. The largest absolute Gasteiger partial charge is 0.211 e. The van der Waals surface area contributed by atoms with E-state index in [4.69, 9.17) is 0 Å². The molecule has 0 amide bonds. The molecule has 0 unspecified atom stereocenters. The summed E-state index contributed by atoms with van der Waals surface area (Å²) in [6.45, 7) is 8.52. The van der Waals surface area contributed by atoms with Crippen molar-refractivity contribution in [2.45, 2.75) is 38.3 Å². The Morgan fingerprint density at radius 2 is 1.80 bits per heavy atom. The van der Waals surface area contributed by atoms with Gasteiger partial charge < -0.3 is 0 Å². The zero-order chi connectivity index (χ0) is 14.8. The first-order valence-corrected chi connectivity index (χ1v) is 7.75. The van der Waals surface area contributed by atoms with Gasteiger partial charge in [0.15, 0.2) is 5.82 Å². The number of aryl methyl sites for hydroxylation is 1. The van der Waals surface area contributed by atoms with E-state index in [-0.39, 0.29) is 5.41 Å². The first kappa shape index (κ1) is 14.8. The van der Waals surface area contributed by atoms with E-state index in [1.807, 2.05) is 19.4 Å². The molecule has 0 aliphatic heterocycles. The molecule has 4 nitrogen and oxygen atoms in total. The normalized spacial score (nSPS) is 12.2. The van der Waals surface area contributed by atoms with Crippen molar-refractivity contribution in [2.75, 3.05) is 6.26 Å². The number of thioether (sulfide) groups is 1. The van der Waals surface area contributed by atoms with Gasteiger partial charge in [-0.15, -0.1) is 10.2 Å². The number of hydrogen-bond acceptors (Lipinski definition) is 4. The molecule has 0 saturated heterocycles. The van der Waals surface area contributed by atoms with Gasteiger partial charge in [0, 0.05) is 0 Å². The average Bonchev–Trinajstić information content (AvgIpc) is 2.76. The molecule has 0 bridgehead atoms. The average molecular weight is 288 g/mol. The maximum Gasteiger partial charge on any atom is 0.211 e. The van der Waals surface area contributed by atoms with E-state index in [9.17, 15) is 0 Å². The van der Waals surface area contributed by atoms with Crippen LogP contribution in [0.15, 0.2) is 34.5 Å². The Hall–Kier alpha value is -1.62. The molecule has 106 valence electrons. The molecule has 1 heterocycles. The van der Waals surface area contributed by atoms with Gasteiger partial charge in [-0.3, -0.25) is 0 Å². The molecule has 0 radical (unpaired) electrons. The van der Waals surface area contributed by atoms with Crippen molar-refractivity contribution in [3.8, 4) is 0 Å². The van der Waals surface area contributed by atoms with Crippen LogP contribution in [0.3, 0.4) is 0 Å². The summed E-state index contributed by atoms with van der Waals surface area (Å²) in [6, 6.07) is 8.47. The summed E-state index contributed by atoms with van der Waals surface area (Å²) in [5.41, 5.74) is 2.56. The molecule has 1 aromatic carbocycles. The SMILES string of the molecule is CSc1nnc(C)n1/N=C\c1ccc(C(C)(C)C)cc1. The van der Waals surface area contributed by atoms with Gasteiger partial charge in [-0.05, 0) is 29.7 Å². The van der Waals surface area contributed by atoms with Gasteiger partial charge in [0.1, 0.15) is 0 Å². The van der Waals surface area contributed by atoms with Crippen molar-refractivity contribution in [3.05, 3.63) is 41.2 Å². The predicted molar refractivity (Wildman–Crippen MR) is 84.7 cm³/mol. The van der Waals surface area contributed by atoms with Crippen LogP contribution in [-0.2, 0) is 5.41 Å². The van der Waals surface area contributed by atoms with Crippen LogP contribution in [0.1, 0.15) is 37.7 Å². The minimum atomic E-state index is 0.173. The number of aromatic nitrogens is 3. The molecule has 2 aromatic rings. The van der Waals surface area contributed by atoms with Gasteiger partial charge in [-0.1, -0.05) is 56.8 Å². The molecule has 2 rings (SSSR count). The monoisotopic (exact) mass is 288 g/mol. The second kappa shape index (κ2) is 5.79. The predicted octanol–water partition coefficient (Wildman–Crippen LogP) is 3.49. The van der Waals surface area contributed by atoms with Gasteiger partial charge >= 0.3 is 0 Å². The lowest BCUT2D eigenvalue weighted by Crippen LogP contribution is -2.10. The molecule has 0 aliphatic rings. The minimum absolute atomic E-state index is 0.173. The van der Waals surface area contributed by atoms with Gasteiger partial charge in [-0.2, -0.15) is 9.78 Å². The molecular weight excluding hydrogens is 268 g/mol. The first-order valence-electron chi connectivity index (χ1n) is 6.53. The highest BCUT2D eigenvalue weighted by atomic mass is 32.2. The maximum absolute atomic E-state index is 4.44. The molecule has 0 spiro atoms. The third-order valence-corrected chi connectivity index (χ3v) is 3.67. The van der Waals surface area contributed by atoms with Crippen LogP contribution in [0.25, 0.3) is 0 Å². The van der Waals surface area contributed by atoms with Gasteiger partial charge in [0.25, 0.3) is 0 Å². The highest BCUT2D eigenvalue weighted by Crippen LogP contribution is 2.21. The highest BCUT2D eigenvalue weighted by Gasteiger charge is 2.12. The number of hydrogen-bond donors (Lipinski definition) is 0. The molecule has 0 aliphatic carbocycles. The second-order valence-corrected chi connectivity index (χ2v) is 6.44. The van der Waals surface area contributed by atoms with Crippen LogP contribution >= 0.6 is 11.8 Å². The summed E-state index contributed by atoms with van der Waals surface area (Å²) in [5, 5.41) is 13.3. The van der Waals surface area contributed by atoms with Crippen molar-refractivity contribution >= 4 is 18.0 Å². The Bertz CT molecular complexity index is 606. The minimum Gasteiger partial charge on any atom is -0.192 e. The maximum atomic E-state index is 4.44. The quantitative estimate of drug-likeness (QED) is 0.641. The molecule has 20 heavy (non-hydrogen) atoms. The third kappa shape index (κ3) is 3.28. The first-order chi connectivity index (χ1) is 9.41. The molecule has 0 saturated carbocycles. The number of nitrogens with zero attached hydrogens (tertiary/aromatic N) is 4. The Balaban J connectivity index is 2.22. The lowest BCUT2D eigenvalue weighted by molar-refractivity contribution is 0.590. The van der Waals surface area contributed by atoms with Gasteiger partial charge in [-0.25, -0.2) is 0 Å². The third-order valence-electron chi connectivity index (χ3n) is 3.05. The summed E-state index contributed by atoms with van der Waals surface area (Å²) in [4.78, 5) is 0. The van der Waals surface area contributed by atoms with E-state index in [1.54, 1.807) is 4.68 Å². The van der Waals surface area contributed by atoms with E-state index in [2.05, 4.69) is 60.3 Å². The van der Waals surface area contributed by atoms with Crippen molar-refractivity contribution in [2.24, 2.45) is 5.10 Å². The van der Waals surface area contributed by atoms with Crippen LogP contribution in [0, 0.1) is 6.92 Å². The number of rotatable bonds is 3. The van der Waals surface area contributed by atoms with E-state index in [0.717, 1.165) is 16.5 Å². The Kier molecular flexibility index (Phi) is 4.28. The highest BCUT2D eigenvalue weighted by molar-refractivity contribution is 7.98.